The molecule has 25 heavy (non-hydrogen) atoms. The van der Waals surface area contributed by atoms with Crippen LogP contribution in [-0.4, -0.2) is 35.5 Å². The molecular weight excluding hydrogens is 364 g/mol. The normalized spacial score (nSPS) is 19.3. The highest BCUT2D eigenvalue weighted by Gasteiger charge is 2.32. The molecule has 1 amide bonds. The van der Waals surface area contributed by atoms with Crippen LogP contribution in [0.5, 0.6) is 0 Å². The molecule has 0 aliphatic heterocycles. The molecule has 1 saturated carbocycles. The highest BCUT2D eigenvalue weighted by atomic mass is 35.5. The number of hydrogen-bond acceptors (Lipinski definition) is 6. The molecule has 1 aliphatic carbocycles. The topological polar surface area (TPSA) is 110 Å². The van der Waals surface area contributed by atoms with Gasteiger partial charge in [-0.2, -0.15) is 0 Å². The molecule has 0 bridgehead atoms. The lowest BCUT2D eigenvalue weighted by atomic mass is 9.95. The van der Waals surface area contributed by atoms with Crippen molar-refractivity contribution in [2.24, 2.45) is 17.6 Å². The van der Waals surface area contributed by atoms with E-state index >= 15 is 0 Å². The van der Waals surface area contributed by atoms with Crippen LogP contribution in [0.3, 0.4) is 0 Å². The van der Waals surface area contributed by atoms with E-state index in [-0.39, 0.29) is 30.2 Å². The molecule has 2 atom stereocenters. The Morgan fingerprint density at radius 1 is 1.48 bits per heavy atom. The number of carbonyl (C=O) groups excluding carboxylic acids is 2. The van der Waals surface area contributed by atoms with E-state index in [1.54, 1.807) is 12.3 Å². The van der Waals surface area contributed by atoms with Gasteiger partial charge >= 0.3 is 5.97 Å². The minimum atomic E-state index is -0.431. The van der Waals surface area contributed by atoms with Crippen LogP contribution in [0.15, 0.2) is 17.6 Å². The monoisotopic (exact) mass is 384 g/mol. The summed E-state index contributed by atoms with van der Waals surface area (Å²) < 4.78 is 4.67. The maximum Gasteiger partial charge on any atom is 0.354 e. The zero-order valence-electron chi connectivity index (χ0n) is 13.8. The third kappa shape index (κ3) is 4.20. The minimum Gasteiger partial charge on any atom is -0.464 e. The number of amides is 1. The second-order valence-electron chi connectivity index (χ2n) is 5.85. The van der Waals surface area contributed by atoms with Crippen molar-refractivity contribution in [1.29, 1.82) is 0 Å². The van der Waals surface area contributed by atoms with Crippen LogP contribution in [0.25, 0.3) is 11.3 Å². The van der Waals surface area contributed by atoms with Crippen molar-refractivity contribution >= 4 is 40.8 Å². The van der Waals surface area contributed by atoms with Gasteiger partial charge in [0.1, 0.15) is 5.69 Å². The molecular formula is C16H21ClN4O3S. The van der Waals surface area contributed by atoms with Gasteiger partial charge in [0.05, 0.1) is 12.8 Å². The van der Waals surface area contributed by atoms with Crippen LogP contribution in [0, 0.1) is 11.8 Å². The number of halogens is 1. The van der Waals surface area contributed by atoms with E-state index in [1.807, 2.05) is 5.38 Å². The summed E-state index contributed by atoms with van der Waals surface area (Å²) in [6.07, 6.45) is 4.63. The van der Waals surface area contributed by atoms with Crippen LogP contribution < -0.4 is 11.1 Å². The van der Waals surface area contributed by atoms with Crippen molar-refractivity contribution in [2.75, 3.05) is 19.0 Å². The quantitative estimate of drug-likeness (QED) is 0.686. The summed E-state index contributed by atoms with van der Waals surface area (Å²) in [5.74, 6) is -0.204. The van der Waals surface area contributed by atoms with Crippen molar-refractivity contribution in [1.82, 2.24) is 9.97 Å². The second-order valence-corrected chi connectivity index (χ2v) is 6.71. The molecule has 1 aliphatic rings. The predicted molar refractivity (Wildman–Crippen MR) is 99.0 cm³/mol. The molecule has 2 heterocycles. The van der Waals surface area contributed by atoms with E-state index < -0.39 is 5.97 Å². The Labute approximate surface area is 155 Å². The van der Waals surface area contributed by atoms with E-state index in [9.17, 15) is 9.59 Å². The molecule has 1 fully saturated rings. The van der Waals surface area contributed by atoms with Crippen LogP contribution in [0.2, 0.25) is 0 Å². The molecule has 136 valence electrons. The molecule has 2 aromatic rings. The summed E-state index contributed by atoms with van der Waals surface area (Å²) in [6.45, 7) is 0.543. The number of carbonyl (C=O) groups is 2. The Morgan fingerprint density at radius 3 is 3.00 bits per heavy atom. The number of nitrogens with two attached hydrogens (primary N) is 1. The summed E-state index contributed by atoms with van der Waals surface area (Å²) >= 11 is 1.36. The Balaban J connectivity index is 0.00000225. The van der Waals surface area contributed by atoms with Gasteiger partial charge in [-0.25, -0.2) is 9.78 Å². The van der Waals surface area contributed by atoms with Gasteiger partial charge in [-0.3, -0.25) is 4.79 Å². The number of nitrogens with zero attached hydrogens (tertiary/aromatic N) is 1. The van der Waals surface area contributed by atoms with E-state index in [0.717, 1.165) is 24.8 Å². The number of nitrogens with one attached hydrogen (secondary N) is 2. The van der Waals surface area contributed by atoms with Gasteiger partial charge in [-0.1, -0.05) is 6.42 Å². The first-order chi connectivity index (χ1) is 11.6. The molecule has 0 unspecified atom stereocenters. The Morgan fingerprint density at radius 2 is 2.28 bits per heavy atom. The lowest BCUT2D eigenvalue weighted by molar-refractivity contribution is -0.120. The van der Waals surface area contributed by atoms with Crippen LogP contribution in [0.1, 0.15) is 29.8 Å². The third-order valence-electron chi connectivity index (χ3n) is 4.42. The summed E-state index contributed by atoms with van der Waals surface area (Å²) in [6, 6.07) is 1.67. The first-order valence-electron chi connectivity index (χ1n) is 7.86. The van der Waals surface area contributed by atoms with Crippen LogP contribution in [-0.2, 0) is 9.53 Å². The predicted octanol–water partition coefficient (Wildman–Crippen LogP) is 2.66. The molecule has 9 heteroatoms. The highest BCUT2D eigenvalue weighted by molar-refractivity contribution is 7.14. The Kier molecular flexibility index (Phi) is 6.57. The molecule has 3 rings (SSSR count). The van der Waals surface area contributed by atoms with E-state index in [4.69, 9.17) is 5.73 Å². The van der Waals surface area contributed by atoms with Crippen molar-refractivity contribution in [3.8, 4) is 11.3 Å². The molecule has 0 aromatic carbocycles. The molecule has 0 saturated heterocycles. The number of rotatable bonds is 5. The van der Waals surface area contributed by atoms with E-state index in [1.165, 1.54) is 18.4 Å². The number of anilines is 1. The van der Waals surface area contributed by atoms with Gasteiger partial charge in [0, 0.05) is 23.1 Å². The van der Waals surface area contributed by atoms with Gasteiger partial charge < -0.3 is 20.8 Å². The lowest BCUT2D eigenvalue weighted by Crippen LogP contribution is -2.29. The number of aromatic amines is 1. The van der Waals surface area contributed by atoms with E-state index in [0.29, 0.717) is 23.1 Å². The van der Waals surface area contributed by atoms with Crippen molar-refractivity contribution < 1.29 is 14.3 Å². The summed E-state index contributed by atoms with van der Waals surface area (Å²) in [5.41, 5.74) is 7.57. The molecule has 0 radical (unpaired) electrons. The van der Waals surface area contributed by atoms with Crippen molar-refractivity contribution in [2.45, 2.75) is 19.3 Å². The fourth-order valence-corrected chi connectivity index (χ4v) is 3.82. The summed E-state index contributed by atoms with van der Waals surface area (Å²) in [5, 5.41) is 5.29. The molecule has 7 nitrogen and oxygen atoms in total. The fourth-order valence-electron chi connectivity index (χ4n) is 3.10. The SMILES string of the molecule is COC(=O)c1cc(-c2csc(NC(=O)[C@@H]3CCC[C@@H]3CN)n2)c[nH]1.Cl. The lowest BCUT2D eigenvalue weighted by Gasteiger charge is -2.16. The Hall–Kier alpha value is -1.90. The second kappa shape index (κ2) is 8.46. The first-order valence-corrected chi connectivity index (χ1v) is 8.74. The molecule has 0 spiro atoms. The average Bonchev–Trinajstić information content (AvgIpc) is 3.32. The molecule has 4 N–H and O–H groups in total. The summed E-state index contributed by atoms with van der Waals surface area (Å²) in [4.78, 5) is 31.1. The Bertz CT molecular complexity index is 745. The zero-order valence-corrected chi connectivity index (χ0v) is 15.4. The van der Waals surface area contributed by atoms with Gasteiger partial charge in [-0.05, 0) is 31.4 Å². The van der Waals surface area contributed by atoms with Gasteiger partial charge in [-0.15, -0.1) is 23.7 Å². The number of esters is 1. The summed E-state index contributed by atoms with van der Waals surface area (Å²) in [7, 11) is 1.33. The average molecular weight is 385 g/mol. The first kappa shape index (κ1) is 19.4. The van der Waals surface area contributed by atoms with Crippen LogP contribution >= 0.6 is 23.7 Å². The van der Waals surface area contributed by atoms with Crippen LogP contribution in [0.4, 0.5) is 5.13 Å². The number of thiazole rings is 1. The number of hydrogen-bond donors (Lipinski definition) is 3. The highest BCUT2D eigenvalue weighted by Crippen LogP contribution is 2.33. The smallest absolute Gasteiger partial charge is 0.354 e. The number of methoxy groups -OCH3 is 1. The number of ether oxygens (including phenoxy) is 1. The van der Waals surface area contributed by atoms with Gasteiger partial charge in [0.15, 0.2) is 5.13 Å². The molecule has 2 aromatic heterocycles. The van der Waals surface area contributed by atoms with Crippen molar-refractivity contribution in [3.63, 3.8) is 0 Å². The van der Waals surface area contributed by atoms with Crippen molar-refractivity contribution in [3.05, 3.63) is 23.3 Å². The number of H-pyrrole nitrogens is 1. The largest absolute Gasteiger partial charge is 0.464 e. The van der Waals surface area contributed by atoms with E-state index in [2.05, 4.69) is 20.0 Å². The number of aromatic nitrogens is 2. The zero-order chi connectivity index (χ0) is 17.1. The van der Waals surface area contributed by atoms with Gasteiger partial charge in [0.2, 0.25) is 5.91 Å². The maximum absolute atomic E-state index is 12.4. The fraction of sp³-hybridized carbons (Fsp3) is 0.438. The standard InChI is InChI=1S/C16H20N4O3S.ClH/c1-23-15(22)12-5-10(7-18-12)13-8-24-16(19-13)20-14(21)11-4-2-3-9(11)6-17;/h5,7-9,11,18H,2-4,6,17H2,1H3,(H,19,20,21);1H/t9-,11-;/m1./s1. The third-order valence-corrected chi connectivity index (χ3v) is 5.17. The van der Waals surface area contributed by atoms with Gasteiger partial charge in [0.25, 0.3) is 0 Å². The minimum absolute atomic E-state index is 0. The maximum atomic E-state index is 12.4.